The van der Waals surface area contributed by atoms with E-state index in [0.717, 1.165) is 6.26 Å². The van der Waals surface area contributed by atoms with Gasteiger partial charge in [-0.05, 0) is 24.3 Å². The first-order chi connectivity index (χ1) is 7.80. The normalized spacial score (nSPS) is 12.3. The summed E-state index contributed by atoms with van der Waals surface area (Å²) in [6.07, 6.45) is 1.13. The van der Waals surface area contributed by atoms with Gasteiger partial charge in [0.1, 0.15) is 0 Å². The molecule has 1 aromatic rings. The summed E-state index contributed by atoms with van der Waals surface area (Å²) in [7, 11) is -3.21. The van der Waals surface area contributed by atoms with Gasteiger partial charge in [0, 0.05) is 13.2 Å². The van der Waals surface area contributed by atoms with Crippen molar-refractivity contribution >= 4 is 38.1 Å². The van der Waals surface area contributed by atoms with Gasteiger partial charge in [-0.1, -0.05) is 11.6 Å². The van der Waals surface area contributed by atoms with Crippen molar-refractivity contribution in [2.24, 2.45) is 5.10 Å². The zero-order valence-electron chi connectivity index (χ0n) is 9.27. The van der Waals surface area contributed by atoms with Gasteiger partial charge in [-0.2, -0.15) is 5.10 Å². The molecule has 0 unspecified atom stereocenters. The number of carbonyl (C=O) groups is 1. The van der Waals surface area contributed by atoms with Crippen LogP contribution in [0.1, 0.15) is 6.92 Å². The van der Waals surface area contributed by atoms with Gasteiger partial charge in [0.25, 0.3) is 0 Å². The second kappa shape index (κ2) is 5.29. The van der Waals surface area contributed by atoms with Crippen LogP contribution in [-0.2, 0) is 14.6 Å². The number of nitrogens with one attached hydrogen (secondary N) is 1. The van der Waals surface area contributed by atoms with Crippen molar-refractivity contribution in [3.63, 3.8) is 0 Å². The molecule has 0 saturated carbocycles. The molecule has 92 valence electrons. The summed E-state index contributed by atoms with van der Waals surface area (Å²) in [5, 5.41) is 3.45. The minimum atomic E-state index is -3.21. The molecule has 0 atom stereocenters. The van der Waals surface area contributed by atoms with E-state index in [0.29, 0.717) is 5.69 Å². The monoisotopic (exact) mass is 274 g/mol. The van der Waals surface area contributed by atoms with E-state index in [1.165, 1.54) is 31.2 Å². The number of benzene rings is 1. The Kier molecular flexibility index (Phi) is 4.25. The van der Waals surface area contributed by atoms with Crippen molar-refractivity contribution in [2.45, 2.75) is 11.8 Å². The Morgan fingerprint density at radius 3 is 2.24 bits per heavy atom. The predicted molar refractivity (Wildman–Crippen MR) is 67.1 cm³/mol. The number of nitrogens with zero attached hydrogens (tertiary/aromatic N) is 1. The molecule has 0 spiro atoms. The van der Waals surface area contributed by atoms with Crippen molar-refractivity contribution < 1.29 is 13.2 Å². The molecule has 0 radical (unpaired) electrons. The number of ketones is 1. The van der Waals surface area contributed by atoms with Gasteiger partial charge in [0.15, 0.2) is 20.8 Å². The van der Waals surface area contributed by atoms with Crippen LogP contribution in [0.2, 0.25) is 0 Å². The highest BCUT2D eigenvalue weighted by Crippen LogP contribution is 2.13. The summed E-state index contributed by atoms with van der Waals surface area (Å²) in [4.78, 5) is 11.0. The molecule has 7 heteroatoms. The van der Waals surface area contributed by atoms with E-state index >= 15 is 0 Å². The first kappa shape index (κ1) is 13.7. The van der Waals surface area contributed by atoms with Crippen LogP contribution in [0.3, 0.4) is 0 Å². The average molecular weight is 275 g/mol. The van der Waals surface area contributed by atoms with E-state index in [-0.39, 0.29) is 15.8 Å². The Morgan fingerprint density at radius 1 is 1.29 bits per heavy atom. The van der Waals surface area contributed by atoms with Gasteiger partial charge in [-0.15, -0.1) is 0 Å². The molecule has 1 aromatic carbocycles. The van der Waals surface area contributed by atoms with E-state index < -0.39 is 9.84 Å². The standard InChI is InChI=1S/C10H11ClN2O3S/c1-7(14)10(11)13-12-8-3-5-9(6-4-8)17(2,15)16/h3-6,12H,1-2H3/b13-10-. The largest absolute Gasteiger partial charge is 0.292 e. The minimum Gasteiger partial charge on any atom is -0.292 e. The van der Waals surface area contributed by atoms with Crippen LogP contribution in [0.15, 0.2) is 34.3 Å². The van der Waals surface area contributed by atoms with Crippen molar-refractivity contribution in [1.82, 2.24) is 0 Å². The smallest absolute Gasteiger partial charge is 0.191 e. The Balaban J connectivity index is 2.83. The lowest BCUT2D eigenvalue weighted by atomic mass is 10.3. The van der Waals surface area contributed by atoms with Crippen LogP contribution in [-0.4, -0.2) is 25.6 Å². The summed E-state index contributed by atoms with van der Waals surface area (Å²) < 4.78 is 22.4. The highest BCUT2D eigenvalue weighted by Gasteiger charge is 2.06. The van der Waals surface area contributed by atoms with Crippen molar-refractivity contribution in [3.05, 3.63) is 24.3 Å². The molecule has 0 aliphatic heterocycles. The molecule has 0 saturated heterocycles. The molecule has 0 fully saturated rings. The molecule has 0 aromatic heterocycles. The fourth-order valence-corrected chi connectivity index (χ4v) is 1.64. The van der Waals surface area contributed by atoms with Crippen molar-refractivity contribution in [1.29, 1.82) is 0 Å². The molecule has 1 N–H and O–H groups in total. The maximum atomic E-state index is 11.2. The maximum absolute atomic E-state index is 11.2. The summed E-state index contributed by atoms with van der Waals surface area (Å²) in [5.41, 5.74) is 3.08. The molecule has 17 heavy (non-hydrogen) atoms. The van der Waals surface area contributed by atoms with E-state index in [4.69, 9.17) is 11.6 Å². The lowest BCUT2D eigenvalue weighted by Crippen LogP contribution is -2.04. The topological polar surface area (TPSA) is 75.6 Å². The summed E-state index contributed by atoms with van der Waals surface area (Å²) in [6.45, 7) is 1.29. The number of hydrogen-bond donors (Lipinski definition) is 1. The van der Waals surface area contributed by atoms with E-state index in [1.807, 2.05) is 0 Å². The molecular weight excluding hydrogens is 264 g/mol. The predicted octanol–water partition coefficient (Wildman–Crippen LogP) is 1.64. The van der Waals surface area contributed by atoms with Crippen molar-refractivity contribution in [3.8, 4) is 0 Å². The van der Waals surface area contributed by atoms with E-state index in [9.17, 15) is 13.2 Å². The quantitative estimate of drug-likeness (QED) is 0.669. The maximum Gasteiger partial charge on any atom is 0.191 e. The summed E-state index contributed by atoms with van der Waals surface area (Å²) >= 11 is 5.51. The third-order valence-corrected chi connectivity index (χ3v) is 3.34. The van der Waals surface area contributed by atoms with Crippen LogP contribution in [0.25, 0.3) is 0 Å². The van der Waals surface area contributed by atoms with Gasteiger partial charge >= 0.3 is 0 Å². The summed E-state index contributed by atoms with van der Waals surface area (Å²) in [5.74, 6) is -0.355. The summed E-state index contributed by atoms with van der Waals surface area (Å²) in [6, 6.07) is 5.94. The number of halogens is 1. The zero-order valence-corrected chi connectivity index (χ0v) is 10.8. The number of anilines is 1. The first-order valence-electron chi connectivity index (χ1n) is 4.61. The zero-order chi connectivity index (χ0) is 13.1. The van der Waals surface area contributed by atoms with Gasteiger partial charge in [0.2, 0.25) is 0 Å². The number of carbonyl (C=O) groups excluding carboxylic acids is 1. The third-order valence-electron chi connectivity index (χ3n) is 1.86. The molecule has 0 amide bonds. The fourth-order valence-electron chi connectivity index (χ4n) is 0.969. The molecule has 0 aliphatic carbocycles. The van der Waals surface area contributed by atoms with Crippen LogP contribution >= 0.6 is 11.6 Å². The van der Waals surface area contributed by atoms with Gasteiger partial charge in [0.05, 0.1) is 10.6 Å². The Bertz CT molecular complexity index is 549. The minimum absolute atomic E-state index is 0.169. The van der Waals surface area contributed by atoms with Crippen LogP contribution in [0, 0.1) is 0 Å². The molecule has 0 heterocycles. The Hall–Kier alpha value is -1.40. The molecule has 0 bridgehead atoms. The second-order valence-corrected chi connectivity index (χ2v) is 5.74. The van der Waals surface area contributed by atoms with Gasteiger partial charge in [-0.25, -0.2) is 8.42 Å². The number of hydrogen-bond acceptors (Lipinski definition) is 5. The molecule has 5 nitrogen and oxygen atoms in total. The number of sulfone groups is 1. The number of Topliss-reactive ketones (excluding diaryl/α,β-unsaturated/α-hetero) is 1. The van der Waals surface area contributed by atoms with Crippen LogP contribution in [0.5, 0.6) is 0 Å². The third kappa shape index (κ3) is 4.16. The van der Waals surface area contributed by atoms with Gasteiger partial charge < -0.3 is 0 Å². The van der Waals surface area contributed by atoms with Gasteiger partial charge in [-0.3, -0.25) is 10.2 Å². The lowest BCUT2D eigenvalue weighted by Gasteiger charge is -2.02. The van der Waals surface area contributed by atoms with Crippen LogP contribution < -0.4 is 5.43 Å². The van der Waals surface area contributed by atoms with E-state index in [2.05, 4.69) is 10.5 Å². The first-order valence-corrected chi connectivity index (χ1v) is 6.88. The van der Waals surface area contributed by atoms with Crippen LogP contribution in [0.4, 0.5) is 5.69 Å². The molecular formula is C10H11ClN2O3S. The highest BCUT2D eigenvalue weighted by molar-refractivity contribution is 7.90. The van der Waals surface area contributed by atoms with E-state index in [1.54, 1.807) is 0 Å². The van der Waals surface area contributed by atoms with Crippen molar-refractivity contribution in [2.75, 3.05) is 11.7 Å². The number of rotatable bonds is 4. The molecule has 1 rings (SSSR count). The average Bonchev–Trinajstić information content (AvgIpc) is 2.25. The molecule has 0 aliphatic rings. The fraction of sp³-hybridized carbons (Fsp3) is 0.200. The highest BCUT2D eigenvalue weighted by atomic mass is 35.5. The second-order valence-electron chi connectivity index (χ2n) is 3.37. The lowest BCUT2D eigenvalue weighted by molar-refractivity contribution is -0.110. The SMILES string of the molecule is CC(=O)/C(Cl)=N/Nc1ccc(S(C)(=O)=O)cc1. The Morgan fingerprint density at radius 2 is 1.82 bits per heavy atom. The number of hydrazone groups is 1. The Labute approximate surface area is 104 Å².